The summed E-state index contributed by atoms with van der Waals surface area (Å²) in [5, 5.41) is 0. The van der Waals surface area contributed by atoms with Gasteiger partial charge in [0.1, 0.15) is 5.82 Å². The SMILES string of the molecule is Nc1nc(=S)nc(-c2ccc(Br)cc2C(F)(F)F)[nH]1. The molecule has 1 aromatic carbocycles. The molecule has 100 valence electrons. The number of nitrogens with two attached hydrogens (primary N) is 1. The molecule has 0 saturated carbocycles. The summed E-state index contributed by atoms with van der Waals surface area (Å²) in [4.78, 5) is 9.84. The van der Waals surface area contributed by atoms with Crippen molar-refractivity contribution < 1.29 is 13.2 Å². The number of hydrogen-bond donors (Lipinski definition) is 2. The van der Waals surface area contributed by atoms with Crippen LogP contribution in [0.2, 0.25) is 0 Å². The van der Waals surface area contributed by atoms with Gasteiger partial charge in [0.15, 0.2) is 0 Å². The van der Waals surface area contributed by atoms with E-state index >= 15 is 0 Å². The van der Waals surface area contributed by atoms with Crippen LogP contribution in [0.3, 0.4) is 0 Å². The van der Waals surface area contributed by atoms with Crippen molar-refractivity contribution in [3.8, 4) is 11.4 Å². The summed E-state index contributed by atoms with van der Waals surface area (Å²) in [6.45, 7) is 0. The summed E-state index contributed by atoms with van der Waals surface area (Å²) in [6.07, 6.45) is -4.52. The number of rotatable bonds is 1. The third-order valence-corrected chi connectivity index (χ3v) is 2.89. The van der Waals surface area contributed by atoms with Crippen LogP contribution in [0.5, 0.6) is 0 Å². The summed E-state index contributed by atoms with van der Waals surface area (Å²) in [5.74, 6) is -0.164. The Morgan fingerprint density at radius 1 is 1.26 bits per heavy atom. The Balaban J connectivity index is 2.72. The van der Waals surface area contributed by atoms with Crippen molar-refractivity contribution in [2.75, 3.05) is 5.73 Å². The second-order valence-electron chi connectivity index (χ2n) is 3.55. The molecule has 3 N–H and O–H groups in total. The molecule has 0 saturated heterocycles. The van der Waals surface area contributed by atoms with Crippen LogP contribution in [-0.4, -0.2) is 15.0 Å². The van der Waals surface area contributed by atoms with E-state index in [1.165, 1.54) is 12.1 Å². The van der Waals surface area contributed by atoms with E-state index in [1.807, 2.05) is 0 Å². The fourth-order valence-corrected chi connectivity index (χ4v) is 2.04. The highest BCUT2D eigenvalue weighted by atomic mass is 79.9. The van der Waals surface area contributed by atoms with Gasteiger partial charge in [-0.2, -0.15) is 18.2 Å². The highest BCUT2D eigenvalue weighted by Crippen LogP contribution is 2.37. The molecule has 0 fully saturated rings. The molecule has 2 rings (SSSR count). The van der Waals surface area contributed by atoms with Crippen molar-refractivity contribution >= 4 is 34.1 Å². The smallest absolute Gasteiger partial charge is 0.369 e. The number of benzene rings is 1. The monoisotopic (exact) mass is 350 g/mol. The predicted molar refractivity (Wildman–Crippen MR) is 69.8 cm³/mol. The first-order chi connectivity index (χ1) is 8.77. The Morgan fingerprint density at radius 2 is 1.95 bits per heavy atom. The first-order valence-electron chi connectivity index (χ1n) is 4.88. The average Bonchev–Trinajstić information content (AvgIpc) is 2.26. The summed E-state index contributed by atoms with van der Waals surface area (Å²) >= 11 is 7.74. The van der Waals surface area contributed by atoms with Crippen LogP contribution in [0.4, 0.5) is 19.1 Å². The minimum absolute atomic E-state index is 0.0719. The van der Waals surface area contributed by atoms with Gasteiger partial charge in [-0.25, -0.2) is 4.98 Å². The molecule has 0 aliphatic rings. The topological polar surface area (TPSA) is 67.6 Å². The lowest BCUT2D eigenvalue weighted by atomic mass is 10.1. The number of anilines is 1. The van der Waals surface area contributed by atoms with Crippen molar-refractivity contribution in [1.29, 1.82) is 0 Å². The van der Waals surface area contributed by atoms with Gasteiger partial charge in [0.25, 0.3) is 0 Å². The van der Waals surface area contributed by atoms with E-state index in [1.54, 1.807) is 0 Å². The molecular formula is C10H6BrF3N4S. The molecule has 0 amide bonds. The van der Waals surface area contributed by atoms with Crippen molar-refractivity contribution in [1.82, 2.24) is 15.0 Å². The van der Waals surface area contributed by atoms with E-state index in [2.05, 4.69) is 30.9 Å². The zero-order valence-corrected chi connectivity index (χ0v) is 11.5. The molecule has 0 spiro atoms. The lowest BCUT2D eigenvalue weighted by Gasteiger charge is -2.12. The van der Waals surface area contributed by atoms with Crippen LogP contribution < -0.4 is 5.73 Å². The second kappa shape index (κ2) is 4.89. The van der Waals surface area contributed by atoms with E-state index in [0.29, 0.717) is 4.47 Å². The largest absolute Gasteiger partial charge is 0.417 e. The number of halogens is 4. The van der Waals surface area contributed by atoms with E-state index in [0.717, 1.165) is 6.07 Å². The molecule has 0 radical (unpaired) electrons. The number of H-pyrrole nitrogens is 1. The van der Waals surface area contributed by atoms with Crippen LogP contribution in [0, 0.1) is 4.77 Å². The Hall–Kier alpha value is -1.48. The maximum Gasteiger partial charge on any atom is 0.417 e. The van der Waals surface area contributed by atoms with Gasteiger partial charge >= 0.3 is 6.18 Å². The quantitative estimate of drug-likeness (QED) is 0.771. The lowest BCUT2D eigenvalue weighted by Crippen LogP contribution is -2.09. The van der Waals surface area contributed by atoms with Crippen LogP contribution in [0.15, 0.2) is 22.7 Å². The van der Waals surface area contributed by atoms with Crippen LogP contribution in [0.1, 0.15) is 5.56 Å². The number of nitrogens with zero attached hydrogens (tertiary/aromatic N) is 2. The minimum atomic E-state index is -4.52. The first kappa shape index (κ1) is 13.9. The Bertz CT molecular complexity index is 683. The van der Waals surface area contributed by atoms with Crippen molar-refractivity contribution in [3.05, 3.63) is 33.0 Å². The van der Waals surface area contributed by atoms with E-state index in [4.69, 9.17) is 18.0 Å². The normalized spacial score (nSPS) is 11.6. The molecular weight excluding hydrogens is 345 g/mol. The molecule has 0 unspecified atom stereocenters. The third kappa shape index (κ3) is 3.10. The highest BCUT2D eigenvalue weighted by Gasteiger charge is 2.34. The fourth-order valence-electron chi connectivity index (χ4n) is 1.49. The third-order valence-electron chi connectivity index (χ3n) is 2.21. The van der Waals surface area contributed by atoms with Gasteiger partial charge in [-0.1, -0.05) is 15.9 Å². The Labute approximate surface area is 119 Å². The van der Waals surface area contributed by atoms with Crippen LogP contribution in [0.25, 0.3) is 11.4 Å². The second-order valence-corrected chi connectivity index (χ2v) is 4.83. The number of aromatic nitrogens is 3. The van der Waals surface area contributed by atoms with E-state index in [-0.39, 0.29) is 22.1 Å². The van der Waals surface area contributed by atoms with Gasteiger partial charge in [-0.15, -0.1) is 0 Å². The molecule has 0 bridgehead atoms. The molecule has 0 atom stereocenters. The fraction of sp³-hybridized carbons (Fsp3) is 0.100. The van der Waals surface area contributed by atoms with Gasteiger partial charge in [0.2, 0.25) is 10.7 Å². The number of nitrogens with one attached hydrogen (secondary N) is 1. The van der Waals surface area contributed by atoms with Gasteiger partial charge in [0, 0.05) is 10.0 Å². The zero-order valence-electron chi connectivity index (χ0n) is 9.12. The van der Waals surface area contributed by atoms with Crippen molar-refractivity contribution in [3.63, 3.8) is 0 Å². The average molecular weight is 351 g/mol. The maximum absolute atomic E-state index is 13.0. The first-order valence-corrected chi connectivity index (χ1v) is 6.08. The zero-order chi connectivity index (χ0) is 14.2. The molecule has 1 heterocycles. The molecule has 2 aromatic rings. The minimum Gasteiger partial charge on any atom is -0.369 e. The summed E-state index contributed by atoms with van der Waals surface area (Å²) in [6, 6.07) is 3.71. The van der Waals surface area contributed by atoms with Crippen molar-refractivity contribution in [2.45, 2.75) is 6.18 Å². The van der Waals surface area contributed by atoms with Gasteiger partial charge < -0.3 is 10.7 Å². The van der Waals surface area contributed by atoms with Crippen LogP contribution >= 0.6 is 28.1 Å². The molecule has 19 heavy (non-hydrogen) atoms. The van der Waals surface area contributed by atoms with Gasteiger partial charge in [-0.05, 0) is 30.4 Å². The van der Waals surface area contributed by atoms with Gasteiger partial charge in [0.05, 0.1) is 5.56 Å². The highest BCUT2D eigenvalue weighted by molar-refractivity contribution is 9.10. The number of alkyl halides is 3. The van der Waals surface area contributed by atoms with E-state index < -0.39 is 11.7 Å². The molecule has 1 aromatic heterocycles. The van der Waals surface area contributed by atoms with E-state index in [9.17, 15) is 13.2 Å². The molecule has 4 nitrogen and oxygen atoms in total. The number of nitrogen functional groups attached to an aromatic ring is 1. The summed E-state index contributed by atoms with van der Waals surface area (Å²) in [7, 11) is 0. The lowest BCUT2D eigenvalue weighted by molar-refractivity contribution is -0.137. The standard InChI is InChI=1S/C10H6BrF3N4S/c11-4-1-2-5(6(3-4)10(12,13)14)7-16-8(15)18-9(19)17-7/h1-3H,(H3,15,16,17,18,19). The van der Waals surface area contributed by atoms with Crippen LogP contribution in [-0.2, 0) is 6.18 Å². The maximum atomic E-state index is 13.0. The molecule has 0 aliphatic carbocycles. The Morgan fingerprint density at radius 3 is 2.53 bits per heavy atom. The number of aromatic amines is 1. The van der Waals surface area contributed by atoms with Crippen molar-refractivity contribution in [2.24, 2.45) is 0 Å². The summed E-state index contributed by atoms with van der Waals surface area (Å²) in [5.41, 5.74) is 4.44. The molecule has 9 heteroatoms. The predicted octanol–water partition coefficient (Wildman–Crippen LogP) is 3.56. The Kier molecular flexibility index (Phi) is 3.59. The summed E-state index contributed by atoms with van der Waals surface area (Å²) < 4.78 is 39.1. The van der Waals surface area contributed by atoms with Gasteiger partial charge in [-0.3, -0.25) is 0 Å². The molecule has 0 aliphatic heterocycles. The number of hydrogen-bond acceptors (Lipinski definition) is 4.